The maximum Gasteiger partial charge on any atom is 0.332 e. The summed E-state index contributed by atoms with van der Waals surface area (Å²) in [7, 11) is 0. The van der Waals surface area contributed by atoms with Gasteiger partial charge in [-0.25, -0.2) is 9.78 Å². The minimum absolute atomic E-state index is 0.0978. The Bertz CT molecular complexity index is 927. The lowest BCUT2D eigenvalue weighted by Crippen LogP contribution is -2.40. The summed E-state index contributed by atoms with van der Waals surface area (Å²) in [6.45, 7) is 4.53. The molecule has 0 aliphatic heterocycles. The average Bonchev–Trinajstić information content (AvgIpc) is 3.11. The highest BCUT2D eigenvalue weighted by molar-refractivity contribution is 5.75. The van der Waals surface area contributed by atoms with Gasteiger partial charge in [0.05, 0.1) is 19.0 Å². The molecule has 0 saturated carbocycles. The van der Waals surface area contributed by atoms with Crippen LogP contribution in [0.5, 0.6) is 0 Å². The molecule has 29 heavy (non-hydrogen) atoms. The van der Waals surface area contributed by atoms with Gasteiger partial charge in [-0.1, -0.05) is 6.92 Å². The van der Waals surface area contributed by atoms with Crippen molar-refractivity contribution in [3.05, 3.63) is 27.2 Å². The van der Waals surface area contributed by atoms with E-state index in [2.05, 4.69) is 4.98 Å². The van der Waals surface area contributed by atoms with E-state index in [1.807, 2.05) is 6.92 Å². The van der Waals surface area contributed by atoms with Gasteiger partial charge in [0, 0.05) is 26.1 Å². The number of ketones is 1. The first-order chi connectivity index (χ1) is 13.9. The molecule has 162 valence electrons. The van der Waals surface area contributed by atoms with Crippen LogP contribution in [-0.4, -0.2) is 47.4 Å². The van der Waals surface area contributed by atoms with Gasteiger partial charge in [-0.2, -0.15) is 0 Å². The zero-order chi connectivity index (χ0) is 21.4. The number of aryl methyl sites for hydroxylation is 2. The third-order valence-electron chi connectivity index (χ3n) is 4.99. The molecule has 0 aliphatic rings. The first-order valence-corrected chi connectivity index (χ1v) is 10.4. The van der Waals surface area contributed by atoms with Crippen molar-refractivity contribution >= 4 is 16.9 Å². The summed E-state index contributed by atoms with van der Waals surface area (Å²) in [5, 5.41) is 18.3. The van der Waals surface area contributed by atoms with E-state index in [4.69, 9.17) is 5.11 Å². The van der Waals surface area contributed by atoms with Crippen LogP contribution < -0.4 is 11.2 Å². The normalized spacial score (nSPS) is 12.6. The number of hydrogen-bond donors (Lipinski definition) is 2. The molecule has 0 bridgehead atoms. The van der Waals surface area contributed by atoms with E-state index >= 15 is 0 Å². The van der Waals surface area contributed by atoms with Crippen molar-refractivity contribution < 1.29 is 15.0 Å². The predicted molar refractivity (Wildman–Crippen MR) is 110 cm³/mol. The van der Waals surface area contributed by atoms with E-state index < -0.39 is 6.10 Å². The number of carbonyl (C=O) groups excluding carboxylic acids is 1. The SMILES string of the molecule is CCCn1c(=O)n(CCCCC(C)=O)c(=O)c2c1ncn2CCCCC(O)CO. The second kappa shape index (κ2) is 11.1. The van der Waals surface area contributed by atoms with Gasteiger partial charge in [-0.3, -0.25) is 13.9 Å². The Morgan fingerprint density at radius 1 is 1.10 bits per heavy atom. The molecule has 2 N–H and O–H groups in total. The van der Waals surface area contributed by atoms with Crippen molar-refractivity contribution in [2.45, 2.75) is 84.5 Å². The summed E-state index contributed by atoms with van der Waals surface area (Å²) in [6.07, 6.45) is 5.17. The van der Waals surface area contributed by atoms with Crippen LogP contribution in [0.15, 0.2) is 15.9 Å². The summed E-state index contributed by atoms with van der Waals surface area (Å²) >= 11 is 0. The topological polar surface area (TPSA) is 119 Å². The Morgan fingerprint density at radius 2 is 1.83 bits per heavy atom. The summed E-state index contributed by atoms with van der Waals surface area (Å²) in [5.41, 5.74) is 0.0983. The second-order valence-corrected chi connectivity index (χ2v) is 7.49. The maximum atomic E-state index is 13.1. The van der Waals surface area contributed by atoms with E-state index in [1.54, 1.807) is 15.5 Å². The van der Waals surface area contributed by atoms with E-state index in [9.17, 15) is 19.5 Å². The summed E-state index contributed by atoms with van der Waals surface area (Å²) in [4.78, 5) is 41.4. The lowest BCUT2D eigenvalue weighted by Gasteiger charge is -2.12. The van der Waals surface area contributed by atoms with Gasteiger partial charge in [0.25, 0.3) is 5.56 Å². The highest BCUT2D eigenvalue weighted by atomic mass is 16.3. The van der Waals surface area contributed by atoms with Crippen molar-refractivity contribution in [1.29, 1.82) is 0 Å². The molecule has 0 amide bonds. The maximum absolute atomic E-state index is 13.1. The molecule has 0 saturated heterocycles. The Kier molecular flexibility index (Phi) is 8.78. The fraction of sp³-hybridized carbons (Fsp3) is 0.700. The second-order valence-electron chi connectivity index (χ2n) is 7.49. The molecule has 0 fully saturated rings. The molecular formula is C20H32N4O5. The number of imidazole rings is 1. The summed E-state index contributed by atoms with van der Waals surface area (Å²) in [6, 6.07) is 0. The van der Waals surface area contributed by atoms with E-state index in [0.29, 0.717) is 62.8 Å². The van der Waals surface area contributed by atoms with Gasteiger partial charge in [-0.05, 0) is 45.4 Å². The van der Waals surface area contributed by atoms with Crippen LogP contribution in [0, 0.1) is 0 Å². The van der Waals surface area contributed by atoms with Gasteiger partial charge in [0.15, 0.2) is 11.2 Å². The number of aliphatic hydroxyl groups is 2. The van der Waals surface area contributed by atoms with Crippen LogP contribution in [-0.2, 0) is 24.4 Å². The Balaban J connectivity index is 2.30. The van der Waals surface area contributed by atoms with Crippen molar-refractivity contribution in [2.24, 2.45) is 0 Å². The number of hydrogen-bond acceptors (Lipinski definition) is 6. The number of aromatic nitrogens is 4. The Morgan fingerprint density at radius 3 is 2.48 bits per heavy atom. The van der Waals surface area contributed by atoms with Crippen molar-refractivity contribution in [3.8, 4) is 0 Å². The first-order valence-electron chi connectivity index (χ1n) is 10.4. The summed E-state index contributed by atoms with van der Waals surface area (Å²) < 4.78 is 4.57. The van der Waals surface area contributed by atoms with Gasteiger partial charge in [0.1, 0.15) is 5.78 Å². The molecular weight excluding hydrogens is 376 g/mol. The van der Waals surface area contributed by atoms with Crippen molar-refractivity contribution in [3.63, 3.8) is 0 Å². The molecule has 1 atom stereocenters. The molecule has 0 spiro atoms. The number of unbranched alkanes of at least 4 members (excludes halogenated alkanes) is 2. The highest BCUT2D eigenvalue weighted by Gasteiger charge is 2.17. The van der Waals surface area contributed by atoms with Crippen molar-refractivity contribution in [2.75, 3.05) is 6.61 Å². The van der Waals surface area contributed by atoms with Gasteiger partial charge in [0.2, 0.25) is 0 Å². The molecule has 2 aromatic heterocycles. The minimum Gasteiger partial charge on any atom is -0.394 e. The molecule has 2 aromatic rings. The molecule has 9 nitrogen and oxygen atoms in total. The third-order valence-corrected chi connectivity index (χ3v) is 4.99. The average molecular weight is 408 g/mol. The number of rotatable bonds is 13. The van der Waals surface area contributed by atoms with Gasteiger partial charge in [-0.15, -0.1) is 0 Å². The fourth-order valence-electron chi connectivity index (χ4n) is 3.43. The Hall–Kier alpha value is -2.26. The van der Waals surface area contributed by atoms with Gasteiger partial charge >= 0.3 is 5.69 Å². The molecule has 2 rings (SSSR count). The first kappa shape index (κ1) is 23.0. The molecule has 2 heterocycles. The lowest BCUT2D eigenvalue weighted by atomic mass is 10.1. The minimum atomic E-state index is -0.725. The lowest BCUT2D eigenvalue weighted by molar-refractivity contribution is -0.117. The number of Topliss-reactive ketones (excluding diaryl/α,β-unsaturated/α-hetero) is 1. The zero-order valence-corrected chi connectivity index (χ0v) is 17.3. The standard InChI is InChI=1S/C20H32N4O5/c1-3-10-23-18-17(22(14-21-18)11-6-5-9-16(27)13-25)19(28)24(20(23)29)12-7-4-8-15(2)26/h14,16,25,27H,3-13H2,1-2H3. The molecule has 9 heteroatoms. The number of fused-ring (bicyclic) bond motifs is 1. The van der Waals surface area contributed by atoms with E-state index in [-0.39, 0.29) is 30.2 Å². The predicted octanol–water partition coefficient (Wildman–Crippen LogP) is 1.05. The van der Waals surface area contributed by atoms with Crippen LogP contribution in [0.25, 0.3) is 11.2 Å². The van der Waals surface area contributed by atoms with Crippen LogP contribution in [0.3, 0.4) is 0 Å². The van der Waals surface area contributed by atoms with E-state index in [1.165, 1.54) is 11.5 Å². The fourth-order valence-corrected chi connectivity index (χ4v) is 3.43. The smallest absolute Gasteiger partial charge is 0.332 e. The third kappa shape index (κ3) is 5.86. The molecule has 0 aromatic carbocycles. The quantitative estimate of drug-likeness (QED) is 0.478. The van der Waals surface area contributed by atoms with Crippen LogP contribution in [0.1, 0.15) is 58.8 Å². The Labute approximate surface area is 169 Å². The number of nitrogens with zero attached hydrogens (tertiary/aromatic N) is 4. The zero-order valence-electron chi connectivity index (χ0n) is 17.3. The van der Waals surface area contributed by atoms with E-state index in [0.717, 1.165) is 6.42 Å². The largest absolute Gasteiger partial charge is 0.394 e. The molecule has 1 unspecified atom stereocenters. The van der Waals surface area contributed by atoms with Crippen molar-refractivity contribution in [1.82, 2.24) is 18.7 Å². The van der Waals surface area contributed by atoms with Gasteiger partial charge < -0.3 is 19.6 Å². The number of aliphatic hydroxyl groups excluding tert-OH is 2. The molecule has 0 aliphatic carbocycles. The highest BCUT2D eigenvalue weighted by Crippen LogP contribution is 2.11. The van der Waals surface area contributed by atoms with Crippen LogP contribution >= 0.6 is 0 Å². The van der Waals surface area contributed by atoms with Crippen LogP contribution in [0.2, 0.25) is 0 Å². The monoisotopic (exact) mass is 408 g/mol. The number of carbonyl (C=O) groups is 1. The summed E-state index contributed by atoms with van der Waals surface area (Å²) in [5.74, 6) is 0.0978. The van der Waals surface area contributed by atoms with Crippen LogP contribution in [0.4, 0.5) is 0 Å². The molecule has 0 radical (unpaired) electrons.